The molecule has 16 heavy (non-hydrogen) atoms. The molecular weight excluding hydrogens is 204 g/mol. The summed E-state index contributed by atoms with van der Waals surface area (Å²) in [5.74, 6) is 2.35. The zero-order valence-electron chi connectivity index (χ0n) is 8.72. The van der Waals surface area contributed by atoms with Crippen molar-refractivity contribution >= 4 is 5.97 Å². The van der Waals surface area contributed by atoms with Crippen molar-refractivity contribution in [1.29, 1.82) is 0 Å². The Labute approximate surface area is 94.0 Å². The highest BCUT2D eigenvalue weighted by Gasteiger charge is 2.43. The van der Waals surface area contributed by atoms with E-state index in [1.807, 2.05) is 24.3 Å². The van der Waals surface area contributed by atoms with Crippen LogP contribution < -0.4 is 4.74 Å². The Kier molecular flexibility index (Phi) is 2.82. The van der Waals surface area contributed by atoms with Gasteiger partial charge in [-0.15, -0.1) is 6.42 Å². The lowest BCUT2D eigenvalue weighted by atomic mass is 10.1. The number of hydrogen-bond acceptors (Lipinski definition) is 2. The van der Waals surface area contributed by atoms with Crippen LogP contribution in [0.2, 0.25) is 0 Å². The molecule has 1 aromatic rings. The molecule has 0 aliphatic heterocycles. The van der Waals surface area contributed by atoms with Crippen LogP contribution in [-0.2, 0) is 4.79 Å². The molecule has 0 aromatic heterocycles. The predicted molar refractivity (Wildman–Crippen MR) is 59.3 cm³/mol. The fourth-order valence-corrected chi connectivity index (χ4v) is 1.77. The Balaban J connectivity index is 1.99. The van der Waals surface area contributed by atoms with Crippen molar-refractivity contribution in [3.05, 3.63) is 29.8 Å². The summed E-state index contributed by atoms with van der Waals surface area (Å²) in [6.45, 7) is 0.251. The fraction of sp³-hybridized carbons (Fsp3) is 0.308. The van der Waals surface area contributed by atoms with E-state index in [9.17, 15) is 4.79 Å². The third-order valence-electron chi connectivity index (χ3n) is 2.74. The number of hydrogen-bond donors (Lipinski definition) is 1. The Hall–Kier alpha value is -1.95. The van der Waals surface area contributed by atoms with E-state index >= 15 is 0 Å². The van der Waals surface area contributed by atoms with Gasteiger partial charge in [-0.25, -0.2) is 0 Å². The van der Waals surface area contributed by atoms with Gasteiger partial charge in [-0.05, 0) is 30.0 Å². The summed E-state index contributed by atoms with van der Waals surface area (Å²) < 4.78 is 5.23. The number of carboxylic acids is 1. The van der Waals surface area contributed by atoms with Gasteiger partial charge in [0.05, 0.1) is 5.92 Å². The Morgan fingerprint density at radius 1 is 1.50 bits per heavy atom. The van der Waals surface area contributed by atoms with E-state index in [0.717, 1.165) is 12.0 Å². The highest BCUT2D eigenvalue weighted by molar-refractivity contribution is 5.75. The molecule has 3 heteroatoms. The van der Waals surface area contributed by atoms with Gasteiger partial charge in [0.2, 0.25) is 0 Å². The van der Waals surface area contributed by atoms with E-state index in [-0.39, 0.29) is 18.4 Å². The van der Waals surface area contributed by atoms with Crippen molar-refractivity contribution in [2.75, 3.05) is 6.61 Å². The molecule has 1 aliphatic rings. The largest absolute Gasteiger partial charge is 0.481 e. The molecule has 0 spiro atoms. The van der Waals surface area contributed by atoms with Gasteiger partial charge in [0.1, 0.15) is 12.4 Å². The second-order valence-corrected chi connectivity index (χ2v) is 3.85. The third-order valence-corrected chi connectivity index (χ3v) is 2.74. The molecule has 0 saturated heterocycles. The minimum Gasteiger partial charge on any atom is -0.481 e. The first-order chi connectivity index (χ1) is 7.72. The number of terminal acetylenes is 1. The molecule has 1 aromatic carbocycles. The summed E-state index contributed by atoms with van der Waals surface area (Å²) in [7, 11) is 0. The first kappa shape index (κ1) is 10.6. The molecule has 2 unspecified atom stereocenters. The van der Waals surface area contributed by atoms with E-state index in [1.54, 1.807) is 0 Å². The van der Waals surface area contributed by atoms with E-state index in [0.29, 0.717) is 5.75 Å². The molecule has 0 heterocycles. The quantitative estimate of drug-likeness (QED) is 0.782. The molecule has 3 nitrogen and oxygen atoms in total. The van der Waals surface area contributed by atoms with Gasteiger partial charge in [0.15, 0.2) is 0 Å². The van der Waals surface area contributed by atoms with Crippen LogP contribution in [0.3, 0.4) is 0 Å². The molecule has 1 N–H and O–H groups in total. The van der Waals surface area contributed by atoms with E-state index in [4.69, 9.17) is 16.3 Å². The standard InChI is InChI=1S/C13H12O3/c1-2-7-16-10-5-3-9(4-6-10)11-8-12(11)13(14)15/h1,3-6,11-12H,7-8H2,(H,14,15). The topological polar surface area (TPSA) is 46.5 Å². The fourth-order valence-electron chi connectivity index (χ4n) is 1.77. The highest BCUT2D eigenvalue weighted by atomic mass is 16.5. The van der Waals surface area contributed by atoms with Gasteiger partial charge >= 0.3 is 5.97 Å². The number of ether oxygens (including phenoxy) is 1. The van der Waals surface area contributed by atoms with E-state index in [1.165, 1.54) is 0 Å². The van der Waals surface area contributed by atoms with Crippen molar-refractivity contribution in [1.82, 2.24) is 0 Å². The Morgan fingerprint density at radius 3 is 2.69 bits per heavy atom. The number of carbonyl (C=O) groups is 1. The average Bonchev–Trinajstić information content (AvgIpc) is 3.07. The van der Waals surface area contributed by atoms with Crippen molar-refractivity contribution in [2.45, 2.75) is 12.3 Å². The Bertz CT molecular complexity index is 427. The maximum absolute atomic E-state index is 10.7. The number of carboxylic acid groups (broad SMARTS) is 1. The molecule has 0 amide bonds. The minimum atomic E-state index is -0.711. The maximum Gasteiger partial charge on any atom is 0.307 e. The molecule has 1 saturated carbocycles. The Morgan fingerprint density at radius 2 is 2.19 bits per heavy atom. The molecule has 2 rings (SSSR count). The van der Waals surface area contributed by atoms with Gasteiger partial charge in [0.25, 0.3) is 0 Å². The molecule has 2 atom stereocenters. The molecule has 0 bridgehead atoms. The lowest BCUT2D eigenvalue weighted by Crippen LogP contribution is -1.99. The maximum atomic E-state index is 10.7. The van der Waals surface area contributed by atoms with Gasteiger partial charge in [-0.3, -0.25) is 4.79 Å². The van der Waals surface area contributed by atoms with Crippen LogP contribution in [0.1, 0.15) is 17.9 Å². The normalized spacial score (nSPS) is 22.2. The van der Waals surface area contributed by atoms with Crippen LogP contribution in [0.15, 0.2) is 24.3 Å². The second-order valence-electron chi connectivity index (χ2n) is 3.85. The van der Waals surface area contributed by atoms with E-state index in [2.05, 4.69) is 5.92 Å². The summed E-state index contributed by atoms with van der Waals surface area (Å²) in [4.78, 5) is 10.7. The van der Waals surface area contributed by atoms with Gasteiger partial charge in [-0.1, -0.05) is 18.1 Å². The van der Waals surface area contributed by atoms with Crippen LogP contribution in [0, 0.1) is 18.3 Å². The molecule has 1 aliphatic carbocycles. The molecule has 0 radical (unpaired) electrons. The highest BCUT2D eigenvalue weighted by Crippen LogP contribution is 2.47. The van der Waals surface area contributed by atoms with E-state index < -0.39 is 5.97 Å². The third kappa shape index (κ3) is 2.17. The number of aliphatic carboxylic acids is 1. The predicted octanol–water partition coefficient (Wildman–Crippen LogP) is 1.89. The lowest BCUT2D eigenvalue weighted by Gasteiger charge is -2.03. The van der Waals surface area contributed by atoms with Gasteiger partial charge in [-0.2, -0.15) is 0 Å². The minimum absolute atomic E-state index is 0.166. The van der Waals surface area contributed by atoms with Crippen LogP contribution in [-0.4, -0.2) is 17.7 Å². The zero-order chi connectivity index (χ0) is 11.5. The molecule has 82 valence electrons. The summed E-state index contributed by atoms with van der Waals surface area (Å²) in [5, 5.41) is 8.81. The van der Waals surface area contributed by atoms with Crippen molar-refractivity contribution in [2.24, 2.45) is 5.92 Å². The van der Waals surface area contributed by atoms with Crippen LogP contribution in [0.4, 0.5) is 0 Å². The number of benzene rings is 1. The second kappa shape index (κ2) is 4.28. The van der Waals surface area contributed by atoms with Crippen LogP contribution >= 0.6 is 0 Å². The van der Waals surface area contributed by atoms with Crippen molar-refractivity contribution < 1.29 is 14.6 Å². The van der Waals surface area contributed by atoms with Crippen molar-refractivity contribution in [3.63, 3.8) is 0 Å². The summed E-state index contributed by atoms with van der Waals surface area (Å²) in [6.07, 6.45) is 5.81. The summed E-state index contributed by atoms with van der Waals surface area (Å²) >= 11 is 0. The first-order valence-electron chi connectivity index (χ1n) is 5.11. The summed E-state index contributed by atoms with van der Waals surface area (Å²) in [5.41, 5.74) is 1.06. The average molecular weight is 216 g/mol. The van der Waals surface area contributed by atoms with Gasteiger partial charge in [0, 0.05) is 0 Å². The lowest BCUT2D eigenvalue weighted by molar-refractivity contribution is -0.138. The monoisotopic (exact) mass is 216 g/mol. The van der Waals surface area contributed by atoms with Crippen LogP contribution in [0.5, 0.6) is 5.75 Å². The smallest absolute Gasteiger partial charge is 0.307 e. The SMILES string of the molecule is C#CCOc1ccc(C2CC2C(=O)O)cc1. The number of rotatable bonds is 4. The first-order valence-corrected chi connectivity index (χ1v) is 5.11. The zero-order valence-corrected chi connectivity index (χ0v) is 8.72. The van der Waals surface area contributed by atoms with Crippen molar-refractivity contribution in [3.8, 4) is 18.1 Å². The van der Waals surface area contributed by atoms with Gasteiger partial charge < -0.3 is 9.84 Å². The molecule has 1 fully saturated rings. The molecular formula is C13H12O3. The van der Waals surface area contributed by atoms with Crippen LogP contribution in [0.25, 0.3) is 0 Å². The summed E-state index contributed by atoms with van der Waals surface area (Å²) in [6, 6.07) is 7.45.